The summed E-state index contributed by atoms with van der Waals surface area (Å²) in [6.45, 7) is 5.06. The molecular weight excluding hydrogens is 314 g/mol. The molecule has 0 saturated carbocycles. The lowest BCUT2D eigenvalue weighted by atomic mass is 10.0. The highest BCUT2D eigenvalue weighted by atomic mass is 35.5. The Kier molecular flexibility index (Phi) is 4.41. The number of aromatic nitrogens is 2. The first-order chi connectivity index (χ1) is 11.0. The Labute approximate surface area is 140 Å². The predicted octanol–water partition coefficient (Wildman–Crippen LogP) is 2.86. The van der Waals surface area contributed by atoms with Gasteiger partial charge in [-0.2, -0.15) is 5.10 Å². The summed E-state index contributed by atoms with van der Waals surface area (Å²) in [5, 5.41) is 14.7. The Morgan fingerprint density at radius 1 is 1.35 bits per heavy atom. The molecule has 0 bridgehead atoms. The minimum absolute atomic E-state index is 0.0644. The number of nitrogens with zero attached hydrogens (tertiary/aromatic N) is 3. The van der Waals surface area contributed by atoms with Crippen molar-refractivity contribution < 1.29 is 9.90 Å². The number of carbonyl (C=O) groups is 1. The Bertz CT molecular complexity index is 709. The molecule has 1 fully saturated rings. The lowest BCUT2D eigenvalue weighted by molar-refractivity contribution is 0.0763. The molecule has 3 rings (SSSR count). The van der Waals surface area contributed by atoms with E-state index in [1.807, 2.05) is 26.0 Å². The summed E-state index contributed by atoms with van der Waals surface area (Å²) in [5.41, 5.74) is 2.35. The van der Waals surface area contributed by atoms with Crippen molar-refractivity contribution in [2.24, 2.45) is 0 Å². The molecule has 23 heavy (non-hydrogen) atoms. The first-order valence-electron chi connectivity index (χ1n) is 7.78. The molecule has 5 nitrogen and oxygen atoms in total. The molecule has 1 aliphatic rings. The van der Waals surface area contributed by atoms with Gasteiger partial charge in [0.05, 0.1) is 29.2 Å². The molecule has 2 heterocycles. The van der Waals surface area contributed by atoms with E-state index in [0.29, 0.717) is 30.1 Å². The topological polar surface area (TPSA) is 58.4 Å². The third-order valence-corrected chi connectivity index (χ3v) is 4.36. The van der Waals surface area contributed by atoms with Crippen LogP contribution in [0.3, 0.4) is 0 Å². The van der Waals surface area contributed by atoms with Crippen LogP contribution in [0.25, 0.3) is 5.69 Å². The highest BCUT2D eigenvalue weighted by molar-refractivity contribution is 6.30. The fraction of sp³-hybridized carbons (Fsp3) is 0.412. The zero-order valence-electron chi connectivity index (χ0n) is 13.2. The minimum atomic E-state index is -0.423. The molecule has 0 radical (unpaired) electrons. The van der Waals surface area contributed by atoms with Crippen molar-refractivity contribution in [1.82, 2.24) is 14.7 Å². The first-order valence-corrected chi connectivity index (χ1v) is 8.16. The van der Waals surface area contributed by atoms with Gasteiger partial charge in [-0.1, -0.05) is 25.4 Å². The third-order valence-electron chi connectivity index (χ3n) is 4.11. The molecule has 0 unspecified atom stereocenters. The summed E-state index contributed by atoms with van der Waals surface area (Å²) in [5.74, 6) is 0.0742. The van der Waals surface area contributed by atoms with Crippen molar-refractivity contribution in [3.8, 4) is 5.69 Å². The summed E-state index contributed by atoms with van der Waals surface area (Å²) >= 11 is 5.94. The van der Waals surface area contributed by atoms with Crippen molar-refractivity contribution >= 4 is 17.5 Å². The van der Waals surface area contributed by atoms with Crippen LogP contribution in [0.2, 0.25) is 5.02 Å². The van der Waals surface area contributed by atoms with Gasteiger partial charge in [0.15, 0.2) is 0 Å². The zero-order chi connectivity index (χ0) is 16.6. The van der Waals surface area contributed by atoms with Gasteiger partial charge in [-0.15, -0.1) is 0 Å². The number of amides is 1. The molecule has 1 saturated heterocycles. The molecular formula is C17H20ClN3O2. The van der Waals surface area contributed by atoms with Gasteiger partial charge in [-0.3, -0.25) is 4.79 Å². The summed E-state index contributed by atoms with van der Waals surface area (Å²) in [7, 11) is 0. The molecule has 0 aliphatic carbocycles. The van der Waals surface area contributed by atoms with Gasteiger partial charge < -0.3 is 10.0 Å². The van der Waals surface area contributed by atoms with Gasteiger partial charge in [0.25, 0.3) is 5.91 Å². The molecule has 0 spiro atoms. The first kappa shape index (κ1) is 16.0. The van der Waals surface area contributed by atoms with E-state index in [0.717, 1.165) is 11.4 Å². The number of rotatable bonds is 3. The molecule has 1 N–H and O–H groups in total. The SMILES string of the molecule is CC(C)c1c(C(=O)N2CC[C@@H](O)C2)cnn1-c1ccc(Cl)cc1. The van der Waals surface area contributed by atoms with Crippen molar-refractivity contribution in [3.05, 3.63) is 46.7 Å². The van der Waals surface area contributed by atoms with Crippen LogP contribution < -0.4 is 0 Å². The van der Waals surface area contributed by atoms with E-state index in [1.54, 1.807) is 27.9 Å². The van der Waals surface area contributed by atoms with E-state index >= 15 is 0 Å². The second-order valence-corrected chi connectivity index (χ2v) is 6.62. The Morgan fingerprint density at radius 3 is 2.61 bits per heavy atom. The maximum Gasteiger partial charge on any atom is 0.257 e. The van der Waals surface area contributed by atoms with Gasteiger partial charge in [0.1, 0.15) is 0 Å². The van der Waals surface area contributed by atoms with E-state index in [-0.39, 0.29) is 11.8 Å². The molecule has 1 aromatic carbocycles. The van der Waals surface area contributed by atoms with Gasteiger partial charge in [0, 0.05) is 18.1 Å². The zero-order valence-corrected chi connectivity index (χ0v) is 14.0. The number of benzene rings is 1. The molecule has 1 atom stereocenters. The van der Waals surface area contributed by atoms with Crippen LogP contribution in [-0.2, 0) is 0 Å². The Hall–Kier alpha value is -1.85. The van der Waals surface area contributed by atoms with Crippen LogP contribution in [0.15, 0.2) is 30.5 Å². The number of aliphatic hydroxyl groups is 1. The number of hydrogen-bond acceptors (Lipinski definition) is 3. The molecule has 1 aliphatic heterocycles. The van der Waals surface area contributed by atoms with Crippen molar-refractivity contribution in [3.63, 3.8) is 0 Å². The minimum Gasteiger partial charge on any atom is -0.391 e. The standard InChI is InChI=1S/C17H20ClN3O2/c1-11(2)16-15(17(23)20-8-7-14(22)10-20)9-19-21(16)13-5-3-12(18)4-6-13/h3-6,9,11,14,22H,7-8,10H2,1-2H3/t14-/m1/s1. The van der Waals surface area contributed by atoms with Crippen molar-refractivity contribution in [2.75, 3.05) is 13.1 Å². The number of β-amino-alcohol motifs (C(OH)–C–C–N with tert-alkyl or cyclic N) is 1. The highest BCUT2D eigenvalue weighted by Crippen LogP contribution is 2.26. The quantitative estimate of drug-likeness (QED) is 0.939. The van der Waals surface area contributed by atoms with Crippen molar-refractivity contribution in [2.45, 2.75) is 32.3 Å². The van der Waals surface area contributed by atoms with Crippen molar-refractivity contribution in [1.29, 1.82) is 0 Å². The van der Waals surface area contributed by atoms with Crippen LogP contribution in [-0.4, -0.2) is 44.9 Å². The fourth-order valence-corrected chi connectivity index (χ4v) is 3.09. The van der Waals surface area contributed by atoms with E-state index in [1.165, 1.54) is 0 Å². The van der Waals surface area contributed by atoms with Gasteiger partial charge in [0.2, 0.25) is 0 Å². The van der Waals surface area contributed by atoms with Crippen LogP contribution >= 0.6 is 11.6 Å². The lowest BCUT2D eigenvalue weighted by Gasteiger charge is -2.17. The smallest absolute Gasteiger partial charge is 0.257 e. The molecule has 1 aromatic heterocycles. The fourth-order valence-electron chi connectivity index (χ4n) is 2.96. The van der Waals surface area contributed by atoms with Gasteiger partial charge >= 0.3 is 0 Å². The van der Waals surface area contributed by atoms with E-state index in [4.69, 9.17) is 11.6 Å². The van der Waals surface area contributed by atoms with Crippen LogP contribution in [0.1, 0.15) is 42.2 Å². The van der Waals surface area contributed by atoms with E-state index < -0.39 is 6.10 Å². The number of likely N-dealkylation sites (tertiary alicyclic amines) is 1. The largest absolute Gasteiger partial charge is 0.391 e. The van der Waals surface area contributed by atoms with Crippen LogP contribution in [0.5, 0.6) is 0 Å². The highest BCUT2D eigenvalue weighted by Gasteiger charge is 2.29. The predicted molar refractivity (Wildman–Crippen MR) is 89.2 cm³/mol. The molecule has 2 aromatic rings. The van der Waals surface area contributed by atoms with Crippen LogP contribution in [0.4, 0.5) is 0 Å². The monoisotopic (exact) mass is 333 g/mol. The Morgan fingerprint density at radius 2 is 2.04 bits per heavy atom. The van der Waals surface area contributed by atoms with Gasteiger partial charge in [-0.05, 0) is 36.6 Å². The van der Waals surface area contributed by atoms with Gasteiger partial charge in [-0.25, -0.2) is 4.68 Å². The normalized spacial score (nSPS) is 18.0. The second kappa shape index (κ2) is 6.34. The summed E-state index contributed by atoms with van der Waals surface area (Å²) in [6.07, 6.45) is 1.83. The summed E-state index contributed by atoms with van der Waals surface area (Å²) in [4.78, 5) is 14.5. The molecule has 6 heteroatoms. The number of hydrogen-bond donors (Lipinski definition) is 1. The maximum absolute atomic E-state index is 12.8. The number of aliphatic hydroxyl groups excluding tert-OH is 1. The average molecular weight is 334 g/mol. The molecule has 1 amide bonds. The Balaban J connectivity index is 1.99. The van der Waals surface area contributed by atoms with E-state index in [2.05, 4.69) is 5.10 Å². The van der Waals surface area contributed by atoms with Crippen LogP contribution in [0, 0.1) is 0 Å². The lowest BCUT2D eigenvalue weighted by Crippen LogP contribution is -2.30. The number of carbonyl (C=O) groups excluding carboxylic acids is 1. The summed E-state index contributed by atoms with van der Waals surface area (Å²) < 4.78 is 1.79. The average Bonchev–Trinajstić information content (AvgIpc) is 3.13. The second-order valence-electron chi connectivity index (χ2n) is 6.18. The number of halogens is 1. The summed E-state index contributed by atoms with van der Waals surface area (Å²) in [6, 6.07) is 7.38. The maximum atomic E-state index is 12.8. The molecule has 122 valence electrons. The third kappa shape index (κ3) is 3.12. The van der Waals surface area contributed by atoms with E-state index in [9.17, 15) is 9.90 Å².